The molecule has 7 rings (SSSR count). The van der Waals surface area contributed by atoms with Crippen molar-refractivity contribution in [2.24, 2.45) is 22.5 Å². The van der Waals surface area contributed by atoms with Crippen molar-refractivity contribution >= 4 is 35.7 Å². The lowest BCUT2D eigenvalue weighted by Crippen LogP contribution is -2.82. The number of carbonyl (C=O) groups excluding carboxylic acids is 6. The summed E-state index contributed by atoms with van der Waals surface area (Å²) in [6.45, 7) is 9.56. The van der Waals surface area contributed by atoms with Crippen LogP contribution in [0.4, 0.5) is 4.79 Å². The van der Waals surface area contributed by atoms with Crippen molar-refractivity contribution in [3.63, 3.8) is 0 Å². The molecule has 2 saturated carbocycles. The molecule has 7 N–H and O–H groups in total. The van der Waals surface area contributed by atoms with Gasteiger partial charge in [0.05, 0.1) is 62.1 Å². The Morgan fingerprint density at radius 3 is 1.96 bits per heavy atom. The number of aliphatic hydroxyl groups is 3. The average molecular weight is 1060 g/mol. The summed E-state index contributed by atoms with van der Waals surface area (Å²) in [6.07, 6.45) is -11.0. The second kappa shape index (κ2) is 24.9. The standard InChI is InChI=1S/C56H71N3O17/c1-34-39(73-51(66)44(62)43(36-17-9-6-10-18-36)59-49(64)37-19-11-7-12-20-37)32-56(68)48(75-50(65)38-21-13-8-14-22-38)46-54(5,40(61)31-41-55(46,33-72-41)76-35(2)60)47(63)45(42(34)53(56,3)4)74-52(67)58-24-16-26-70-28-30-71-29-27-69-25-15-23-57/h6-14,17-22,39-41,43-46,48,61-62,68H,15-16,23-33,57H2,1-5H3,(H,58,67)(H,59,64)/t39-,40-,41?,43-,44+,45+,46-,48-,54?,55?,56+/m0/s1. The van der Waals surface area contributed by atoms with Gasteiger partial charge in [-0.25, -0.2) is 14.4 Å². The van der Waals surface area contributed by atoms with Gasteiger partial charge in [0.2, 0.25) is 0 Å². The van der Waals surface area contributed by atoms with Crippen molar-refractivity contribution in [2.45, 2.75) is 114 Å². The number of alkyl carbamates (subject to hydrolysis) is 1. The predicted molar refractivity (Wildman–Crippen MR) is 271 cm³/mol. The second-order valence-corrected chi connectivity index (χ2v) is 20.4. The molecule has 11 atom stereocenters. The van der Waals surface area contributed by atoms with Gasteiger partial charge < -0.3 is 69.6 Å². The molecule has 0 aromatic heterocycles. The molecule has 1 aliphatic heterocycles. The summed E-state index contributed by atoms with van der Waals surface area (Å²) < 4.78 is 47.6. The van der Waals surface area contributed by atoms with Crippen molar-refractivity contribution in [3.05, 3.63) is 119 Å². The van der Waals surface area contributed by atoms with Gasteiger partial charge >= 0.3 is 24.0 Å². The summed E-state index contributed by atoms with van der Waals surface area (Å²) in [7, 11) is 0. The van der Waals surface area contributed by atoms with E-state index in [4.69, 9.17) is 43.6 Å². The first-order valence-electron chi connectivity index (χ1n) is 25.7. The Hall–Kier alpha value is -6.10. The van der Waals surface area contributed by atoms with Crippen molar-refractivity contribution in [1.82, 2.24) is 10.6 Å². The monoisotopic (exact) mass is 1060 g/mol. The molecule has 1 saturated heterocycles. The zero-order chi connectivity index (χ0) is 54.8. The highest BCUT2D eigenvalue weighted by Crippen LogP contribution is 2.64. The third-order valence-corrected chi connectivity index (χ3v) is 15.4. The number of Topliss-reactive ketones (excluding diaryl/α,β-unsaturated/α-hetero) is 1. The van der Waals surface area contributed by atoms with Gasteiger partial charge in [0.1, 0.15) is 23.9 Å². The average Bonchev–Trinajstić information content (AvgIpc) is 3.59. The molecule has 3 fully saturated rings. The van der Waals surface area contributed by atoms with Gasteiger partial charge in [-0.3, -0.25) is 14.4 Å². The van der Waals surface area contributed by atoms with E-state index in [2.05, 4.69) is 10.6 Å². The number of hydrogen-bond donors (Lipinski definition) is 6. The summed E-state index contributed by atoms with van der Waals surface area (Å²) in [5.41, 5.74) is -1.99. The molecule has 76 heavy (non-hydrogen) atoms. The molecule has 20 nitrogen and oxygen atoms in total. The highest BCUT2D eigenvalue weighted by atomic mass is 16.6. The van der Waals surface area contributed by atoms with E-state index in [9.17, 15) is 39.3 Å². The van der Waals surface area contributed by atoms with E-state index in [1.807, 2.05) is 0 Å². The van der Waals surface area contributed by atoms with E-state index in [1.165, 1.54) is 26.0 Å². The summed E-state index contributed by atoms with van der Waals surface area (Å²) in [4.78, 5) is 86.0. The maximum absolute atomic E-state index is 16.0. The summed E-state index contributed by atoms with van der Waals surface area (Å²) in [5.74, 6) is -6.15. The number of esters is 3. The van der Waals surface area contributed by atoms with Crippen LogP contribution < -0.4 is 16.4 Å². The summed E-state index contributed by atoms with van der Waals surface area (Å²) in [6, 6.07) is 22.9. The van der Waals surface area contributed by atoms with Crippen LogP contribution in [0.2, 0.25) is 0 Å². The maximum Gasteiger partial charge on any atom is 0.408 e. The minimum absolute atomic E-state index is 0.0249. The maximum atomic E-state index is 16.0. The number of aliphatic hydroxyl groups excluding tert-OH is 2. The largest absolute Gasteiger partial charge is 0.456 e. The van der Waals surface area contributed by atoms with Crippen LogP contribution >= 0.6 is 0 Å². The molecule has 0 spiro atoms. The number of rotatable bonds is 23. The molecule has 2 amide bonds. The van der Waals surface area contributed by atoms with Crippen LogP contribution in [0.1, 0.15) is 92.6 Å². The Labute approximate surface area is 441 Å². The van der Waals surface area contributed by atoms with E-state index in [1.54, 1.807) is 92.7 Å². The van der Waals surface area contributed by atoms with E-state index >= 15 is 4.79 Å². The molecule has 1 heterocycles. The Bertz CT molecular complexity index is 2550. The Morgan fingerprint density at radius 2 is 1.38 bits per heavy atom. The number of nitrogens with two attached hydrogens (primary N) is 1. The van der Waals surface area contributed by atoms with Gasteiger partial charge in [0.25, 0.3) is 5.91 Å². The quantitative estimate of drug-likeness (QED) is 0.0342. The van der Waals surface area contributed by atoms with Gasteiger partial charge in [-0.1, -0.05) is 80.6 Å². The molecule has 0 radical (unpaired) electrons. The number of carbonyl (C=O) groups is 6. The zero-order valence-electron chi connectivity index (χ0n) is 43.6. The minimum Gasteiger partial charge on any atom is -0.456 e. The third kappa shape index (κ3) is 11.9. The molecular weight excluding hydrogens is 987 g/mol. The third-order valence-electron chi connectivity index (χ3n) is 15.4. The van der Waals surface area contributed by atoms with Gasteiger partial charge in [0.15, 0.2) is 23.6 Å². The number of hydrogen-bond acceptors (Lipinski definition) is 18. The molecule has 412 valence electrons. The lowest BCUT2D eigenvalue weighted by molar-refractivity contribution is -0.345. The zero-order valence-corrected chi connectivity index (χ0v) is 43.6. The molecule has 3 aromatic carbocycles. The highest BCUT2D eigenvalue weighted by molar-refractivity contribution is 5.96. The van der Waals surface area contributed by atoms with Crippen LogP contribution in [0.3, 0.4) is 0 Å². The van der Waals surface area contributed by atoms with Gasteiger partial charge in [-0.2, -0.15) is 0 Å². The number of ketones is 1. The second-order valence-electron chi connectivity index (χ2n) is 20.4. The Morgan fingerprint density at radius 1 is 0.803 bits per heavy atom. The van der Waals surface area contributed by atoms with Crippen molar-refractivity contribution in [2.75, 3.05) is 59.3 Å². The molecule has 3 aromatic rings. The number of nitrogens with one attached hydrogen (secondary N) is 2. The highest BCUT2D eigenvalue weighted by Gasteiger charge is 2.78. The van der Waals surface area contributed by atoms with Crippen molar-refractivity contribution in [1.29, 1.82) is 0 Å². The van der Waals surface area contributed by atoms with Gasteiger partial charge in [-0.15, -0.1) is 0 Å². The topological polar surface area (TPSA) is 287 Å². The van der Waals surface area contributed by atoms with E-state index < -0.39 is 113 Å². The van der Waals surface area contributed by atoms with Crippen LogP contribution in [0.25, 0.3) is 0 Å². The lowest BCUT2D eigenvalue weighted by atomic mass is 9.44. The summed E-state index contributed by atoms with van der Waals surface area (Å²) >= 11 is 0. The van der Waals surface area contributed by atoms with Crippen molar-refractivity contribution in [3.8, 4) is 0 Å². The lowest BCUT2D eigenvalue weighted by Gasteiger charge is -2.67. The first-order valence-corrected chi connectivity index (χ1v) is 25.7. The molecule has 3 unspecified atom stereocenters. The number of amides is 2. The predicted octanol–water partition coefficient (Wildman–Crippen LogP) is 3.69. The van der Waals surface area contributed by atoms with Gasteiger partial charge in [0, 0.05) is 50.5 Å². The number of ether oxygens (including phenoxy) is 8. The smallest absolute Gasteiger partial charge is 0.408 e. The fourth-order valence-corrected chi connectivity index (χ4v) is 11.3. The summed E-state index contributed by atoms with van der Waals surface area (Å²) in [5, 5.41) is 43.7. The fourth-order valence-electron chi connectivity index (χ4n) is 11.3. The van der Waals surface area contributed by atoms with Crippen molar-refractivity contribution < 1.29 is 82.0 Å². The molecule has 4 aliphatic rings. The Balaban J connectivity index is 1.26. The van der Waals surface area contributed by atoms with Crippen LogP contribution in [-0.2, 0) is 52.3 Å². The normalized spacial score (nSPS) is 28.1. The Kier molecular flexibility index (Phi) is 18.9. The minimum atomic E-state index is -2.46. The van der Waals surface area contributed by atoms with E-state index in [0.717, 1.165) is 13.3 Å². The SMILES string of the molecule is CC(=O)OC12COC1C[C@H](O)C1(C)C(=O)[C@H](OC(=O)NCCCOCCOCCOCCCN)C3=C(C)[C@@H](OC(=O)[C@H](O)[C@@H](NC(=O)c4ccccc4)c4ccccc4)C[C@@](O)([C@@H](OC(=O)c4ccccc4)[C@H]21)C3(C)C. The fraction of sp³-hybridized carbons (Fsp3) is 0.536. The molecule has 20 heteroatoms. The van der Waals surface area contributed by atoms with Crippen LogP contribution in [0.15, 0.2) is 102 Å². The number of fused-ring (bicyclic) bond motifs is 5. The van der Waals surface area contributed by atoms with Gasteiger partial charge in [-0.05, 0) is 74.2 Å². The van der Waals surface area contributed by atoms with Crippen LogP contribution in [-0.4, -0.2) is 158 Å². The van der Waals surface area contributed by atoms with Crippen LogP contribution in [0.5, 0.6) is 0 Å². The number of benzene rings is 3. The molecular formula is C56H71N3O17. The van der Waals surface area contributed by atoms with Crippen LogP contribution in [0, 0.1) is 16.7 Å². The first-order chi connectivity index (χ1) is 36.3. The molecule has 3 aliphatic carbocycles. The first kappa shape index (κ1) is 57.6. The van der Waals surface area contributed by atoms with E-state index in [0.29, 0.717) is 45.0 Å². The van der Waals surface area contributed by atoms with E-state index in [-0.39, 0.29) is 55.1 Å². The molecule has 2 bridgehead atoms.